The Kier molecular flexibility index (Phi) is 4.06. The van der Waals surface area contributed by atoms with Gasteiger partial charge in [0.15, 0.2) is 0 Å². The summed E-state index contributed by atoms with van der Waals surface area (Å²) in [4.78, 5) is 0. The summed E-state index contributed by atoms with van der Waals surface area (Å²) in [6, 6.07) is 9.93. The van der Waals surface area contributed by atoms with Gasteiger partial charge in [-0.3, -0.25) is 9.36 Å². The molecule has 3 aromatic rings. The number of hydrogen-bond acceptors (Lipinski definition) is 4. The van der Waals surface area contributed by atoms with Crippen molar-refractivity contribution in [2.45, 2.75) is 13.5 Å². The lowest BCUT2D eigenvalue weighted by Gasteiger charge is -2.04. The number of methoxy groups -OCH3 is 1. The van der Waals surface area contributed by atoms with Gasteiger partial charge in [0, 0.05) is 31.9 Å². The third kappa shape index (κ3) is 3.21. The van der Waals surface area contributed by atoms with E-state index in [1.165, 1.54) is 5.56 Å². The molecule has 0 radical (unpaired) electrons. The highest BCUT2D eigenvalue weighted by Crippen LogP contribution is 2.25. The van der Waals surface area contributed by atoms with Gasteiger partial charge in [-0.15, -0.1) is 0 Å². The molecular formula is C17H21N5O. The molecule has 0 fully saturated rings. The molecular weight excluding hydrogens is 290 g/mol. The van der Waals surface area contributed by atoms with E-state index in [2.05, 4.69) is 22.4 Å². The minimum Gasteiger partial charge on any atom is -0.497 e. The molecule has 0 saturated carbocycles. The van der Waals surface area contributed by atoms with Gasteiger partial charge in [0.2, 0.25) is 0 Å². The van der Waals surface area contributed by atoms with Crippen molar-refractivity contribution < 1.29 is 4.74 Å². The van der Waals surface area contributed by atoms with Crippen LogP contribution < -0.4 is 10.1 Å². The number of nitrogens with zero attached hydrogens (tertiary/aromatic N) is 4. The number of aromatic nitrogens is 4. The van der Waals surface area contributed by atoms with Crippen molar-refractivity contribution in [2.75, 3.05) is 12.4 Å². The molecule has 0 saturated heterocycles. The maximum atomic E-state index is 5.27. The Hall–Kier alpha value is -2.76. The first-order valence-corrected chi connectivity index (χ1v) is 7.48. The first-order chi connectivity index (χ1) is 11.1. The van der Waals surface area contributed by atoms with Gasteiger partial charge in [-0.05, 0) is 24.6 Å². The molecule has 0 aliphatic carbocycles. The van der Waals surface area contributed by atoms with Gasteiger partial charge in [-0.1, -0.05) is 12.1 Å². The van der Waals surface area contributed by atoms with Gasteiger partial charge in [0.05, 0.1) is 25.0 Å². The second-order valence-electron chi connectivity index (χ2n) is 5.56. The highest BCUT2D eigenvalue weighted by molar-refractivity contribution is 5.64. The summed E-state index contributed by atoms with van der Waals surface area (Å²) in [5.74, 6) is 1.78. The van der Waals surface area contributed by atoms with Gasteiger partial charge in [0.1, 0.15) is 11.6 Å². The second kappa shape index (κ2) is 6.16. The first-order valence-electron chi connectivity index (χ1n) is 7.48. The van der Waals surface area contributed by atoms with Crippen LogP contribution in [-0.2, 0) is 20.6 Å². The van der Waals surface area contributed by atoms with Crippen LogP contribution in [0.4, 0.5) is 5.82 Å². The maximum Gasteiger partial charge on any atom is 0.124 e. The van der Waals surface area contributed by atoms with Crippen molar-refractivity contribution in [3.63, 3.8) is 0 Å². The van der Waals surface area contributed by atoms with E-state index < -0.39 is 0 Å². The molecule has 0 unspecified atom stereocenters. The lowest BCUT2D eigenvalue weighted by atomic mass is 10.1. The molecule has 0 atom stereocenters. The highest BCUT2D eigenvalue weighted by Gasteiger charge is 2.09. The molecule has 3 rings (SSSR count). The number of rotatable bonds is 5. The molecule has 6 nitrogen and oxygen atoms in total. The van der Waals surface area contributed by atoms with Crippen LogP contribution in [0.25, 0.3) is 11.3 Å². The Labute approximate surface area is 135 Å². The standard InChI is InChI=1S/C17H21N5O/c1-12-11-21(2)19-16(12)10-18-17-9-15(20-22(17)3)13-6-5-7-14(8-13)23-4/h5-9,11,18H,10H2,1-4H3. The lowest BCUT2D eigenvalue weighted by molar-refractivity contribution is 0.415. The Morgan fingerprint density at radius 2 is 2.00 bits per heavy atom. The van der Waals surface area contributed by atoms with Gasteiger partial charge in [-0.2, -0.15) is 10.2 Å². The number of nitrogens with one attached hydrogen (secondary N) is 1. The minimum atomic E-state index is 0.670. The molecule has 6 heteroatoms. The molecule has 0 bridgehead atoms. The van der Waals surface area contributed by atoms with Crippen LogP contribution in [-0.4, -0.2) is 26.7 Å². The monoisotopic (exact) mass is 311 g/mol. The number of aryl methyl sites for hydroxylation is 3. The van der Waals surface area contributed by atoms with Crippen LogP contribution >= 0.6 is 0 Å². The summed E-state index contributed by atoms with van der Waals surface area (Å²) >= 11 is 0. The molecule has 1 aromatic carbocycles. The van der Waals surface area contributed by atoms with E-state index in [1.807, 2.05) is 60.0 Å². The van der Waals surface area contributed by atoms with Crippen LogP contribution in [0.3, 0.4) is 0 Å². The van der Waals surface area contributed by atoms with Gasteiger partial charge in [0.25, 0.3) is 0 Å². The van der Waals surface area contributed by atoms with Crippen LogP contribution in [0.15, 0.2) is 36.5 Å². The van der Waals surface area contributed by atoms with Gasteiger partial charge in [-0.25, -0.2) is 0 Å². The molecule has 0 aliphatic heterocycles. The quantitative estimate of drug-likeness (QED) is 0.787. The first kappa shape index (κ1) is 15.1. The normalized spacial score (nSPS) is 10.8. The third-order valence-corrected chi connectivity index (χ3v) is 3.80. The number of ether oxygens (including phenoxy) is 1. The Morgan fingerprint density at radius 3 is 2.70 bits per heavy atom. The van der Waals surface area contributed by atoms with Crippen molar-refractivity contribution in [1.82, 2.24) is 19.6 Å². The van der Waals surface area contributed by atoms with E-state index in [0.29, 0.717) is 6.54 Å². The summed E-state index contributed by atoms with van der Waals surface area (Å²) in [6.07, 6.45) is 2.02. The van der Waals surface area contributed by atoms with Crippen LogP contribution in [0.2, 0.25) is 0 Å². The van der Waals surface area contributed by atoms with Crippen molar-refractivity contribution in [2.24, 2.45) is 14.1 Å². The molecule has 2 heterocycles. The molecule has 0 aliphatic rings. The summed E-state index contributed by atoms with van der Waals surface area (Å²) < 4.78 is 8.94. The largest absolute Gasteiger partial charge is 0.497 e. The number of anilines is 1. The number of benzene rings is 1. The highest BCUT2D eigenvalue weighted by atomic mass is 16.5. The van der Waals surface area contributed by atoms with E-state index in [1.54, 1.807) is 7.11 Å². The predicted molar refractivity (Wildman–Crippen MR) is 90.5 cm³/mol. The summed E-state index contributed by atoms with van der Waals surface area (Å²) in [5.41, 5.74) is 4.15. The maximum absolute atomic E-state index is 5.27. The van der Waals surface area contributed by atoms with Crippen LogP contribution in [0.5, 0.6) is 5.75 Å². The van der Waals surface area contributed by atoms with Gasteiger partial charge < -0.3 is 10.1 Å². The van der Waals surface area contributed by atoms with E-state index in [4.69, 9.17) is 4.74 Å². The van der Waals surface area contributed by atoms with Crippen LogP contribution in [0.1, 0.15) is 11.3 Å². The molecule has 0 amide bonds. The summed E-state index contributed by atoms with van der Waals surface area (Å²) in [6.45, 7) is 2.73. The van der Waals surface area contributed by atoms with E-state index >= 15 is 0 Å². The summed E-state index contributed by atoms with van der Waals surface area (Å²) in [5, 5.41) is 12.4. The van der Waals surface area contributed by atoms with E-state index in [0.717, 1.165) is 28.5 Å². The molecule has 120 valence electrons. The zero-order valence-corrected chi connectivity index (χ0v) is 13.9. The fourth-order valence-electron chi connectivity index (χ4n) is 2.56. The fourth-order valence-corrected chi connectivity index (χ4v) is 2.56. The van der Waals surface area contributed by atoms with Gasteiger partial charge >= 0.3 is 0 Å². The van der Waals surface area contributed by atoms with Crippen molar-refractivity contribution in [3.05, 3.63) is 47.8 Å². The predicted octanol–water partition coefficient (Wildman–Crippen LogP) is 2.75. The Balaban J connectivity index is 1.79. The molecule has 0 spiro atoms. The third-order valence-electron chi connectivity index (χ3n) is 3.80. The minimum absolute atomic E-state index is 0.670. The van der Waals surface area contributed by atoms with Crippen molar-refractivity contribution in [1.29, 1.82) is 0 Å². The average Bonchev–Trinajstić information content (AvgIpc) is 3.07. The molecule has 2 aromatic heterocycles. The zero-order chi connectivity index (χ0) is 16.4. The van der Waals surface area contributed by atoms with Crippen molar-refractivity contribution in [3.8, 4) is 17.0 Å². The molecule has 23 heavy (non-hydrogen) atoms. The Morgan fingerprint density at radius 1 is 1.17 bits per heavy atom. The smallest absolute Gasteiger partial charge is 0.124 e. The average molecular weight is 311 g/mol. The lowest BCUT2D eigenvalue weighted by Crippen LogP contribution is -2.06. The SMILES string of the molecule is COc1cccc(-c2cc(NCc3nn(C)cc3C)n(C)n2)c1. The second-order valence-corrected chi connectivity index (χ2v) is 5.56. The molecule has 1 N–H and O–H groups in total. The Bertz CT molecular complexity index is 818. The topological polar surface area (TPSA) is 56.9 Å². The van der Waals surface area contributed by atoms with Crippen LogP contribution in [0, 0.1) is 6.92 Å². The van der Waals surface area contributed by atoms with E-state index in [9.17, 15) is 0 Å². The zero-order valence-electron chi connectivity index (χ0n) is 13.9. The fraction of sp³-hybridized carbons (Fsp3) is 0.294. The van der Waals surface area contributed by atoms with E-state index in [-0.39, 0.29) is 0 Å². The van der Waals surface area contributed by atoms with Crippen molar-refractivity contribution >= 4 is 5.82 Å². The number of hydrogen-bond donors (Lipinski definition) is 1. The summed E-state index contributed by atoms with van der Waals surface area (Å²) in [7, 11) is 5.53.